The van der Waals surface area contributed by atoms with Crippen LogP contribution in [0.5, 0.6) is 0 Å². The van der Waals surface area contributed by atoms with Crippen LogP contribution in [0.4, 0.5) is 0 Å². The number of allylic oxidation sites excluding steroid dienone is 1. The van der Waals surface area contributed by atoms with E-state index in [4.69, 9.17) is 4.74 Å². The molecule has 0 spiro atoms. The van der Waals surface area contributed by atoms with Crippen molar-refractivity contribution in [1.82, 2.24) is 0 Å². The zero-order valence-corrected chi connectivity index (χ0v) is 13.1. The highest BCUT2D eigenvalue weighted by atomic mass is 16.5. The largest absolute Gasteiger partial charge is 0.371 e. The van der Waals surface area contributed by atoms with E-state index in [-0.39, 0.29) is 17.4 Å². The third-order valence-corrected chi connectivity index (χ3v) is 4.95. The minimum absolute atomic E-state index is 0.0236. The van der Waals surface area contributed by atoms with Crippen LogP contribution >= 0.6 is 0 Å². The fraction of sp³-hybridized carbons (Fsp3) is 0.526. The summed E-state index contributed by atoms with van der Waals surface area (Å²) in [7, 11) is 0. The molecule has 1 aliphatic heterocycles. The van der Waals surface area contributed by atoms with Crippen LogP contribution in [0.3, 0.4) is 0 Å². The fourth-order valence-corrected chi connectivity index (χ4v) is 3.91. The number of carbonyl (C=O) groups excluding carboxylic acids is 1. The van der Waals surface area contributed by atoms with Gasteiger partial charge in [-0.2, -0.15) is 0 Å². The Morgan fingerprint density at radius 2 is 2.00 bits per heavy atom. The average Bonchev–Trinajstić information content (AvgIpc) is 2.98. The molecule has 0 aromatic heterocycles. The fourth-order valence-electron chi connectivity index (χ4n) is 3.91. The summed E-state index contributed by atoms with van der Waals surface area (Å²) in [4.78, 5) is 12.6. The Labute approximate surface area is 127 Å². The van der Waals surface area contributed by atoms with Gasteiger partial charge in [-0.3, -0.25) is 4.79 Å². The Morgan fingerprint density at radius 1 is 1.29 bits per heavy atom. The second-order valence-corrected chi connectivity index (χ2v) is 6.73. The van der Waals surface area contributed by atoms with Crippen molar-refractivity contribution in [2.75, 3.05) is 6.61 Å². The number of hydrogen-bond donors (Lipinski definition) is 0. The maximum absolute atomic E-state index is 12.6. The number of benzene rings is 1. The summed E-state index contributed by atoms with van der Waals surface area (Å²) in [5, 5.41) is 0. The Balaban J connectivity index is 1.99. The molecule has 0 N–H and O–H groups in total. The van der Waals surface area contributed by atoms with Crippen LogP contribution < -0.4 is 0 Å². The molecule has 0 unspecified atom stereocenters. The normalized spacial score (nSPS) is 30.0. The molecular formula is C19H24O2. The Morgan fingerprint density at radius 3 is 2.67 bits per heavy atom. The van der Waals surface area contributed by atoms with Gasteiger partial charge in [0.2, 0.25) is 0 Å². The molecule has 2 aliphatic rings. The molecular weight excluding hydrogens is 260 g/mol. The summed E-state index contributed by atoms with van der Waals surface area (Å²) in [6.45, 7) is 7.04. The predicted octanol–water partition coefficient (Wildman–Crippen LogP) is 4.12. The number of fused-ring (bicyclic) bond motifs is 1. The summed E-state index contributed by atoms with van der Waals surface area (Å²) in [6.07, 6.45) is 3.81. The summed E-state index contributed by atoms with van der Waals surface area (Å²) in [6, 6.07) is 10.5. The van der Waals surface area contributed by atoms with E-state index in [0.717, 1.165) is 13.0 Å². The maximum Gasteiger partial charge on any atom is 0.140 e. The van der Waals surface area contributed by atoms with Gasteiger partial charge in [0.15, 0.2) is 0 Å². The number of ketones is 1. The second kappa shape index (κ2) is 5.42. The molecule has 21 heavy (non-hydrogen) atoms. The Kier molecular flexibility index (Phi) is 3.75. The molecule has 0 bridgehead atoms. The second-order valence-electron chi connectivity index (χ2n) is 6.73. The van der Waals surface area contributed by atoms with E-state index in [9.17, 15) is 4.79 Å². The third-order valence-electron chi connectivity index (χ3n) is 4.95. The molecule has 1 heterocycles. The molecule has 3 rings (SSSR count). The third kappa shape index (κ3) is 2.46. The lowest BCUT2D eigenvalue weighted by molar-refractivity contribution is -0.122. The summed E-state index contributed by atoms with van der Waals surface area (Å²) in [5.74, 6) is 1.01. The molecule has 3 atom stereocenters. The van der Waals surface area contributed by atoms with Crippen molar-refractivity contribution in [3.05, 3.63) is 47.5 Å². The number of carbonyl (C=O) groups is 1. The van der Waals surface area contributed by atoms with E-state index >= 15 is 0 Å². The van der Waals surface area contributed by atoms with Gasteiger partial charge in [-0.1, -0.05) is 43.3 Å². The van der Waals surface area contributed by atoms with Crippen LogP contribution in [-0.2, 0) is 9.53 Å². The lowest BCUT2D eigenvalue weighted by atomic mass is 9.78. The molecule has 2 nitrogen and oxygen atoms in total. The number of hydrogen-bond acceptors (Lipinski definition) is 2. The molecule has 0 radical (unpaired) electrons. The number of Topliss-reactive ketones (excluding diaryl/α,β-unsaturated/α-hetero) is 1. The average molecular weight is 284 g/mol. The Bertz CT molecular complexity index is 556. The standard InChI is InChI=1S/C19H24O2/c1-4-8-17(20)14-11-16-15(12-21-19(16,2)3)18(14)13-9-6-5-7-10-13/h5-7,9-11,14-15,18H,4,8,12H2,1-3H3/t14-,15-,18-/m0/s1. The van der Waals surface area contributed by atoms with Gasteiger partial charge in [-0.05, 0) is 31.4 Å². The molecule has 1 saturated heterocycles. The van der Waals surface area contributed by atoms with Crippen LogP contribution in [0.25, 0.3) is 0 Å². The summed E-state index contributed by atoms with van der Waals surface area (Å²) >= 11 is 0. The van der Waals surface area contributed by atoms with Crippen molar-refractivity contribution in [2.45, 2.75) is 45.1 Å². The van der Waals surface area contributed by atoms with Crippen LogP contribution in [0.1, 0.15) is 45.1 Å². The van der Waals surface area contributed by atoms with Crippen molar-refractivity contribution in [1.29, 1.82) is 0 Å². The van der Waals surface area contributed by atoms with E-state index < -0.39 is 0 Å². The van der Waals surface area contributed by atoms with E-state index in [0.29, 0.717) is 18.1 Å². The van der Waals surface area contributed by atoms with Crippen molar-refractivity contribution < 1.29 is 9.53 Å². The first-order valence-corrected chi connectivity index (χ1v) is 7.98. The number of ether oxygens (including phenoxy) is 1. The predicted molar refractivity (Wildman–Crippen MR) is 84.2 cm³/mol. The molecule has 112 valence electrons. The van der Waals surface area contributed by atoms with E-state index in [1.807, 2.05) is 6.07 Å². The first-order chi connectivity index (χ1) is 10.0. The van der Waals surface area contributed by atoms with E-state index in [1.54, 1.807) is 0 Å². The molecule has 1 aromatic rings. The minimum Gasteiger partial charge on any atom is -0.371 e. The van der Waals surface area contributed by atoms with Crippen LogP contribution in [0.15, 0.2) is 42.0 Å². The van der Waals surface area contributed by atoms with Gasteiger partial charge in [0, 0.05) is 24.2 Å². The zero-order chi connectivity index (χ0) is 15.0. The van der Waals surface area contributed by atoms with Gasteiger partial charge >= 0.3 is 0 Å². The topological polar surface area (TPSA) is 26.3 Å². The molecule has 1 aliphatic carbocycles. The van der Waals surface area contributed by atoms with Gasteiger partial charge in [-0.15, -0.1) is 0 Å². The van der Waals surface area contributed by atoms with Crippen molar-refractivity contribution >= 4 is 5.78 Å². The van der Waals surface area contributed by atoms with Crippen molar-refractivity contribution in [3.8, 4) is 0 Å². The van der Waals surface area contributed by atoms with Crippen LogP contribution in [-0.4, -0.2) is 18.0 Å². The van der Waals surface area contributed by atoms with E-state index in [2.05, 4.69) is 51.1 Å². The Hall–Kier alpha value is -1.41. The van der Waals surface area contributed by atoms with Gasteiger partial charge in [0.05, 0.1) is 12.2 Å². The molecule has 1 fully saturated rings. The quantitative estimate of drug-likeness (QED) is 0.777. The van der Waals surface area contributed by atoms with E-state index in [1.165, 1.54) is 11.1 Å². The highest BCUT2D eigenvalue weighted by Crippen LogP contribution is 2.52. The molecule has 2 heteroatoms. The van der Waals surface area contributed by atoms with Crippen LogP contribution in [0.2, 0.25) is 0 Å². The first kappa shape index (κ1) is 14.5. The minimum atomic E-state index is -0.223. The van der Waals surface area contributed by atoms with Crippen LogP contribution in [0, 0.1) is 11.8 Å². The van der Waals surface area contributed by atoms with Gasteiger partial charge in [0.25, 0.3) is 0 Å². The highest BCUT2D eigenvalue weighted by molar-refractivity contribution is 5.85. The monoisotopic (exact) mass is 284 g/mol. The van der Waals surface area contributed by atoms with Crippen molar-refractivity contribution in [3.63, 3.8) is 0 Å². The number of rotatable bonds is 4. The highest BCUT2D eigenvalue weighted by Gasteiger charge is 2.50. The summed E-state index contributed by atoms with van der Waals surface area (Å²) < 4.78 is 5.97. The zero-order valence-electron chi connectivity index (χ0n) is 13.1. The molecule has 0 saturated carbocycles. The van der Waals surface area contributed by atoms with Gasteiger partial charge in [-0.25, -0.2) is 0 Å². The van der Waals surface area contributed by atoms with Crippen molar-refractivity contribution in [2.24, 2.45) is 11.8 Å². The summed E-state index contributed by atoms with van der Waals surface area (Å²) in [5.41, 5.74) is 2.37. The maximum atomic E-state index is 12.6. The molecule has 0 amide bonds. The lowest BCUT2D eigenvalue weighted by Crippen LogP contribution is -2.22. The van der Waals surface area contributed by atoms with Gasteiger partial charge < -0.3 is 4.74 Å². The first-order valence-electron chi connectivity index (χ1n) is 7.98. The smallest absolute Gasteiger partial charge is 0.140 e. The molecule has 1 aromatic carbocycles. The SMILES string of the molecule is CCCC(=O)[C@@H]1C=C2[C@H](COC2(C)C)[C@H]1c1ccccc1. The van der Waals surface area contributed by atoms with Gasteiger partial charge in [0.1, 0.15) is 5.78 Å². The lowest BCUT2D eigenvalue weighted by Gasteiger charge is -2.23.